The number of ketones is 1. The highest BCUT2D eigenvalue weighted by Crippen LogP contribution is 2.32. The molecule has 0 bridgehead atoms. The molecule has 3 aromatic rings. The molecule has 2 aromatic carbocycles. The molecule has 2 N–H and O–H groups in total. The van der Waals surface area contributed by atoms with Crippen molar-refractivity contribution in [1.82, 2.24) is 4.98 Å². The second-order valence-corrected chi connectivity index (χ2v) is 7.55. The van der Waals surface area contributed by atoms with E-state index in [2.05, 4.69) is 10.3 Å². The molecule has 30 heavy (non-hydrogen) atoms. The fraction of sp³-hybridized carbons (Fsp3) is 0.174. The Labute approximate surface area is 177 Å². The second-order valence-electron chi connectivity index (χ2n) is 7.15. The topological polar surface area (TPSA) is 88.3 Å². The number of amides is 1. The number of methoxy groups -OCH3 is 1. The number of fused-ring (bicyclic) bond motifs is 1. The number of hydrogen-bond donors (Lipinski definition) is 2. The van der Waals surface area contributed by atoms with Gasteiger partial charge in [-0.1, -0.05) is 41.9 Å². The summed E-state index contributed by atoms with van der Waals surface area (Å²) in [7, 11) is 1.49. The first-order chi connectivity index (χ1) is 14.5. The summed E-state index contributed by atoms with van der Waals surface area (Å²) >= 11 is 6.08. The zero-order valence-electron chi connectivity index (χ0n) is 16.2. The first-order valence-electron chi connectivity index (χ1n) is 9.45. The molecule has 6 nitrogen and oxygen atoms in total. The van der Waals surface area contributed by atoms with E-state index in [1.54, 1.807) is 12.1 Å². The number of hydrogen-bond acceptors (Lipinski definition) is 4. The molecule has 1 unspecified atom stereocenters. The van der Waals surface area contributed by atoms with E-state index in [4.69, 9.17) is 16.3 Å². The minimum absolute atomic E-state index is 0.00275. The van der Waals surface area contributed by atoms with Crippen LogP contribution in [0.15, 0.2) is 59.4 Å². The monoisotopic (exact) mass is 422 g/mol. The summed E-state index contributed by atoms with van der Waals surface area (Å²) < 4.78 is 5.09. The Morgan fingerprint density at radius 3 is 2.57 bits per heavy atom. The van der Waals surface area contributed by atoms with Crippen LogP contribution in [-0.4, -0.2) is 23.8 Å². The Morgan fingerprint density at radius 2 is 1.87 bits per heavy atom. The van der Waals surface area contributed by atoms with Gasteiger partial charge in [-0.25, -0.2) is 0 Å². The molecule has 1 aromatic heterocycles. The number of nitrogens with one attached hydrogen (secondary N) is 2. The van der Waals surface area contributed by atoms with Crippen molar-refractivity contribution >= 4 is 29.0 Å². The summed E-state index contributed by atoms with van der Waals surface area (Å²) in [6.07, 6.45) is 0.870. The molecule has 152 valence electrons. The number of halogens is 1. The molecule has 1 aliphatic carbocycles. The summed E-state index contributed by atoms with van der Waals surface area (Å²) in [6, 6.07) is 15.9. The van der Waals surface area contributed by atoms with Crippen LogP contribution in [0, 0.1) is 0 Å². The van der Waals surface area contributed by atoms with Crippen molar-refractivity contribution in [2.75, 3.05) is 12.4 Å². The SMILES string of the molecule is COc1ccc(NC(=O)c2cc3c([nH]c2=O)CC(c2ccccc2)CC3=O)cc1Cl. The van der Waals surface area contributed by atoms with Crippen molar-refractivity contribution in [2.45, 2.75) is 18.8 Å². The Balaban J connectivity index is 1.60. The minimum atomic E-state index is -0.613. The lowest BCUT2D eigenvalue weighted by Crippen LogP contribution is -2.29. The Morgan fingerprint density at radius 1 is 1.10 bits per heavy atom. The second kappa shape index (κ2) is 8.16. The third kappa shape index (κ3) is 3.86. The fourth-order valence-corrected chi connectivity index (χ4v) is 3.96. The number of carbonyl (C=O) groups excluding carboxylic acids is 2. The van der Waals surface area contributed by atoms with Crippen molar-refractivity contribution in [3.63, 3.8) is 0 Å². The number of carbonyl (C=O) groups is 2. The first-order valence-corrected chi connectivity index (χ1v) is 9.83. The number of Topliss-reactive ketones (excluding diaryl/α,β-unsaturated/α-hetero) is 1. The normalized spacial score (nSPS) is 15.4. The number of pyridine rings is 1. The molecule has 0 fully saturated rings. The van der Waals surface area contributed by atoms with Crippen molar-refractivity contribution < 1.29 is 14.3 Å². The van der Waals surface area contributed by atoms with E-state index < -0.39 is 11.5 Å². The Bertz CT molecular complexity index is 1190. The highest BCUT2D eigenvalue weighted by molar-refractivity contribution is 6.32. The van der Waals surface area contributed by atoms with Gasteiger partial charge in [-0.2, -0.15) is 0 Å². The van der Waals surface area contributed by atoms with Gasteiger partial charge in [0.25, 0.3) is 11.5 Å². The van der Waals surface area contributed by atoms with Crippen LogP contribution in [0.5, 0.6) is 5.75 Å². The fourth-order valence-electron chi connectivity index (χ4n) is 3.70. The lowest BCUT2D eigenvalue weighted by Gasteiger charge is -2.24. The Kier molecular flexibility index (Phi) is 5.42. The molecule has 0 spiro atoms. The quantitative estimate of drug-likeness (QED) is 0.659. The van der Waals surface area contributed by atoms with Crippen LogP contribution < -0.4 is 15.6 Å². The summed E-state index contributed by atoms with van der Waals surface area (Å²) in [4.78, 5) is 40.7. The zero-order chi connectivity index (χ0) is 21.3. The lowest BCUT2D eigenvalue weighted by atomic mass is 9.81. The van der Waals surface area contributed by atoms with E-state index in [0.29, 0.717) is 40.6 Å². The van der Waals surface area contributed by atoms with Gasteiger partial charge in [-0.3, -0.25) is 14.4 Å². The average Bonchev–Trinajstić information content (AvgIpc) is 2.74. The zero-order valence-corrected chi connectivity index (χ0v) is 17.0. The molecule has 1 aliphatic rings. The molecule has 1 heterocycles. The lowest BCUT2D eigenvalue weighted by molar-refractivity contribution is 0.0963. The standard InChI is InChI=1S/C23H19ClN2O4/c1-30-21-8-7-15(11-18(21)24)25-22(28)17-12-16-19(26-23(17)29)9-14(10-20(16)27)13-5-3-2-4-6-13/h2-8,11-12,14H,9-10H2,1H3,(H,25,28)(H,26,29). The van der Waals surface area contributed by atoms with Gasteiger partial charge in [0.1, 0.15) is 11.3 Å². The van der Waals surface area contributed by atoms with E-state index in [-0.39, 0.29) is 17.3 Å². The van der Waals surface area contributed by atoms with Crippen LogP contribution in [0.25, 0.3) is 0 Å². The number of H-pyrrole nitrogens is 1. The largest absolute Gasteiger partial charge is 0.495 e. The van der Waals surface area contributed by atoms with Gasteiger partial charge < -0.3 is 15.0 Å². The van der Waals surface area contributed by atoms with Crippen LogP contribution in [0.2, 0.25) is 5.02 Å². The third-order valence-corrected chi connectivity index (χ3v) is 5.53. The molecule has 0 aliphatic heterocycles. The molecule has 4 rings (SSSR count). The highest BCUT2D eigenvalue weighted by atomic mass is 35.5. The molecule has 1 atom stereocenters. The van der Waals surface area contributed by atoms with Crippen LogP contribution in [0.4, 0.5) is 5.69 Å². The maximum atomic E-state index is 12.7. The number of rotatable bonds is 4. The molecule has 0 saturated carbocycles. The summed E-state index contributed by atoms with van der Waals surface area (Å²) in [5.41, 5.74) is 1.77. The molecule has 0 radical (unpaired) electrons. The number of benzene rings is 2. The van der Waals surface area contributed by atoms with Gasteiger partial charge in [-0.05, 0) is 42.2 Å². The van der Waals surface area contributed by atoms with Gasteiger partial charge in [-0.15, -0.1) is 0 Å². The molecule has 0 saturated heterocycles. The van der Waals surface area contributed by atoms with Crippen molar-refractivity contribution in [1.29, 1.82) is 0 Å². The first kappa shape index (κ1) is 19.9. The molecular formula is C23H19ClN2O4. The van der Waals surface area contributed by atoms with Crippen molar-refractivity contribution in [3.8, 4) is 5.75 Å². The summed E-state index contributed by atoms with van der Waals surface area (Å²) in [5, 5.41) is 2.97. The third-order valence-electron chi connectivity index (χ3n) is 5.23. The van der Waals surface area contributed by atoms with Gasteiger partial charge in [0.15, 0.2) is 5.78 Å². The summed E-state index contributed by atoms with van der Waals surface area (Å²) in [5.74, 6) is -0.232. The van der Waals surface area contributed by atoms with Gasteiger partial charge in [0.2, 0.25) is 0 Å². The highest BCUT2D eigenvalue weighted by Gasteiger charge is 2.28. The van der Waals surface area contributed by atoms with Gasteiger partial charge in [0.05, 0.1) is 12.1 Å². The van der Waals surface area contributed by atoms with Crippen LogP contribution in [0.3, 0.4) is 0 Å². The molecule has 7 heteroatoms. The molecule has 1 amide bonds. The smallest absolute Gasteiger partial charge is 0.261 e. The number of anilines is 1. The number of ether oxygens (including phenoxy) is 1. The maximum Gasteiger partial charge on any atom is 0.261 e. The number of aromatic nitrogens is 1. The van der Waals surface area contributed by atoms with E-state index in [9.17, 15) is 14.4 Å². The summed E-state index contributed by atoms with van der Waals surface area (Å²) in [6.45, 7) is 0. The molecular weight excluding hydrogens is 404 g/mol. The van der Waals surface area contributed by atoms with Crippen LogP contribution in [0.1, 0.15) is 44.3 Å². The van der Waals surface area contributed by atoms with E-state index in [1.807, 2.05) is 30.3 Å². The minimum Gasteiger partial charge on any atom is -0.495 e. The predicted octanol–water partition coefficient (Wildman–Crippen LogP) is 4.20. The van der Waals surface area contributed by atoms with Crippen LogP contribution in [-0.2, 0) is 6.42 Å². The number of aromatic amines is 1. The van der Waals surface area contributed by atoms with E-state index in [0.717, 1.165) is 5.56 Å². The van der Waals surface area contributed by atoms with Crippen molar-refractivity contribution in [3.05, 3.63) is 92.4 Å². The predicted molar refractivity (Wildman–Crippen MR) is 115 cm³/mol. The van der Waals surface area contributed by atoms with Gasteiger partial charge >= 0.3 is 0 Å². The van der Waals surface area contributed by atoms with E-state index in [1.165, 1.54) is 19.2 Å². The van der Waals surface area contributed by atoms with Crippen LogP contribution >= 0.6 is 11.6 Å². The van der Waals surface area contributed by atoms with E-state index >= 15 is 0 Å². The van der Waals surface area contributed by atoms with Gasteiger partial charge in [0, 0.05) is 23.4 Å². The Hall–Kier alpha value is -3.38. The maximum absolute atomic E-state index is 12.7. The van der Waals surface area contributed by atoms with Crippen molar-refractivity contribution in [2.24, 2.45) is 0 Å². The average molecular weight is 423 g/mol.